The van der Waals surface area contributed by atoms with Crippen LogP contribution in [0.1, 0.15) is 11.1 Å². The van der Waals surface area contributed by atoms with Crippen molar-refractivity contribution in [3.63, 3.8) is 0 Å². The van der Waals surface area contributed by atoms with Gasteiger partial charge in [0.15, 0.2) is 0 Å². The summed E-state index contributed by atoms with van der Waals surface area (Å²) >= 11 is 0. The summed E-state index contributed by atoms with van der Waals surface area (Å²) in [5.74, 6) is 0.585. The van der Waals surface area contributed by atoms with Crippen LogP contribution in [0, 0.1) is 11.3 Å². The minimum absolute atomic E-state index is 0.585. The standard InChI is InChI=1S/C27H18N6/c28-16-21-5-1-2-6-22(21)19-11-9-18(10-12-19)17-33-25-8-4-3-7-23(25)24-15-20(13-14-26(24)33)27-29-31-32-30-27/h1-15H,17H2,(H,29,30,31,32). The molecule has 156 valence electrons. The van der Waals surface area contributed by atoms with Gasteiger partial charge in [-0.3, -0.25) is 0 Å². The van der Waals surface area contributed by atoms with E-state index in [0.29, 0.717) is 11.4 Å². The Hall–Kier alpha value is -4.76. The Balaban J connectivity index is 1.42. The number of hydrogen-bond acceptors (Lipinski definition) is 4. The van der Waals surface area contributed by atoms with Crippen LogP contribution >= 0.6 is 0 Å². The molecule has 0 fully saturated rings. The average molecular weight is 426 g/mol. The molecule has 0 amide bonds. The first-order chi connectivity index (χ1) is 16.3. The fraction of sp³-hybridized carbons (Fsp3) is 0.0370. The molecule has 0 bridgehead atoms. The van der Waals surface area contributed by atoms with Crippen molar-refractivity contribution < 1.29 is 0 Å². The third-order valence-electron chi connectivity index (χ3n) is 6.03. The molecule has 0 atom stereocenters. The van der Waals surface area contributed by atoms with Crippen molar-refractivity contribution >= 4 is 21.8 Å². The zero-order chi connectivity index (χ0) is 22.2. The van der Waals surface area contributed by atoms with Crippen LogP contribution in [-0.2, 0) is 6.54 Å². The number of tetrazole rings is 1. The second kappa shape index (κ2) is 7.74. The first-order valence-electron chi connectivity index (χ1n) is 10.6. The lowest BCUT2D eigenvalue weighted by molar-refractivity contribution is 0.869. The molecule has 2 heterocycles. The van der Waals surface area contributed by atoms with Gasteiger partial charge in [0.25, 0.3) is 0 Å². The number of aromatic amines is 1. The molecule has 0 saturated carbocycles. The predicted octanol–water partition coefficient (Wildman–Crippen LogP) is 5.56. The average Bonchev–Trinajstić information content (AvgIpc) is 3.52. The molecule has 6 aromatic rings. The van der Waals surface area contributed by atoms with E-state index in [4.69, 9.17) is 0 Å². The summed E-state index contributed by atoms with van der Waals surface area (Å²) in [6, 6.07) is 33.1. The maximum absolute atomic E-state index is 9.42. The van der Waals surface area contributed by atoms with E-state index in [1.54, 1.807) is 0 Å². The van der Waals surface area contributed by atoms with E-state index in [2.05, 4.69) is 91.9 Å². The summed E-state index contributed by atoms with van der Waals surface area (Å²) in [5, 5.41) is 26.2. The Morgan fingerprint density at radius 1 is 0.788 bits per heavy atom. The molecule has 6 rings (SSSR count). The van der Waals surface area contributed by atoms with Crippen molar-refractivity contribution in [3.05, 3.63) is 102 Å². The van der Waals surface area contributed by atoms with Gasteiger partial charge < -0.3 is 4.57 Å². The number of nitriles is 1. The molecule has 6 nitrogen and oxygen atoms in total. The number of H-pyrrole nitrogens is 1. The summed E-state index contributed by atoms with van der Waals surface area (Å²) in [6.45, 7) is 0.742. The monoisotopic (exact) mass is 426 g/mol. The number of aromatic nitrogens is 5. The fourth-order valence-corrected chi connectivity index (χ4v) is 4.45. The quantitative estimate of drug-likeness (QED) is 0.400. The van der Waals surface area contributed by atoms with Gasteiger partial charge in [-0.2, -0.15) is 10.5 Å². The Morgan fingerprint density at radius 3 is 2.36 bits per heavy atom. The molecule has 6 heteroatoms. The molecule has 0 unspecified atom stereocenters. The predicted molar refractivity (Wildman–Crippen MR) is 128 cm³/mol. The first kappa shape index (κ1) is 19.0. The van der Waals surface area contributed by atoms with Gasteiger partial charge in [-0.15, -0.1) is 10.2 Å². The minimum atomic E-state index is 0.585. The van der Waals surface area contributed by atoms with Crippen LogP contribution in [0.15, 0.2) is 91.0 Å². The van der Waals surface area contributed by atoms with Gasteiger partial charge in [-0.05, 0) is 52.2 Å². The van der Waals surface area contributed by atoms with Crippen LogP contribution in [0.3, 0.4) is 0 Å². The van der Waals surface area contributed by atoms with Gasteiger partial charge in [0.2, 0.25) is 5.82 Å². The van der Waals surface area contributed by atoms with Crippen LogP contribution in [0.4, 0.5) is 0 Å². The van der Waals surface area contributed by atoms with Gasteiger partial charge in [-0.1, -0.05) is 60.7 Å². The number of benzene rings is 4. The second-order valence-corrected chi connectivity index (χ2v) is 7.92. The van der Waals surface area contributed by atoms with Gasteiger partial charge in [0.1, 0.15) is 0 Å². The molecule has 0 aliphatic carbocycles. The number of hydrogen-bond donors (Lipinski definition) is 1. The third-order valence-corrected chi connectivity index (χ3v) is 6.03. The Labute approximate surface area is 189 Å². The molecule has 0 aliphatic rings. The lowest BCUT2D eigenvalue weighted by Gasteiger charge is -2.10. The molecular formula is C27H18N6. The first-order valence-corrected chi connectivity index (χ1v) is 10.6. The van der Waals surface area contributed by atoms with Gasteiger partial charge >= 0.3 is 0 Å². The molecule has 2 aromatic heterocycles. The van der Waals surface area contributed by atoms with Gasteiger partial charge in [0.05, 0.1) is 11.6 Å². The zero-order valence-corrected chi connectivity index (χ0v) is 17.6. The highest BCUT2D eigenvalue weighted by Crippen LogP contribution is 2.32. The smallest absolute Gasteiger partial charge is 0.204 e. The lowest BCUT2D eigenvalue weighted by atomic mass is 9.99. The number of fused-ring (bicyclic) bond motifs is 3. The molecular weight excluding hydrogens is 408 g/mol. The van der Waals surface area contributed by atoms with E-state index < -0.39 is 0 Å². The number of nitrogens with zero attached hydrogens (tertiary/aromatic N) is 5. The van der Waals surface area contributed by atoms with Crippen molar-refractivity contribution in [3.8, 4) is 28.6 Å². The van der Waals surface area contributed by atoms with Gasteiger partial charge in [-0.25, -0.2) is 0 Å². The molecule has 0 saturated heterocycles. The molecule has 33 heavy (non-hydrogen) atoms. The SMILES string of the molecule is N#Cc1ccccc1-c1ccc(Cn2c3ccccc3c3cc(-c4nn[nH]n4)ccc32)cc1. The highest BCUT2D eigenvalue weighted by Gasteiger charge is 2.13. The van der Waals surface area contributed by atoms with Crippen molar-refractivity contribution in [1.29, 1.82) is 5.26 Å². The lowest BCUT2D eigenvalue weighted by Crippen LogP contribution is -1.99. The van der Waals surface area contributed by atoms with Crippen LogP contribution in [-0.4, -0.2) is 25.2 Å². The van der Waals surface area contributed by atoms with Crippen molar-refractivity contribution in [2.45, 2.75) is 6.54 Å². The fourth-order valence-electron chi connectivity index (χ4n) is 4.45. The van der Waals surface area contributed by atoms with Crippen molar-refractivity contribution in [1.82, 2.24) is 25.2 Å². The van der Waals surface area contributed by atoms with Crippen LogP contribution in [0.5, 0.6) is 0 Å². The number of nitrogens with one attached hydrogen (secondary N) is 1. The van der Waals surface area contributed by atoms with E-state index in [9.17, 15) is 5.26 Å². The van der Waals surface area contributed by atoms with Gasteiger partial charge in [0, 0.05) is 33.9 Å². The highest BCUT2D eigenvalue weighted by molar-refractivity contribution is 6.09. The highest BCUT2D eigenvalue weighted by atomic mass is 15.5. The van der Waals surface area contributed by atoms with E-state index in [1.807, 2.05) is 30.3 Å². The summed E-state index contributed by atoms with van der Waals surface area (Å²) in [7, 11) is 0. The summed E-state index contributed by atoms with van der Waals surface area (Å²) in [5.41, 5.74) is 7.14. The molecule has 4 aromatic carbocycles. The largest absolute Gasteiger partial charge is 0.336 e. The number of para-hydroxylation sites is 1. The Kier molecular flexibility index (Phi) is 4.45. The summed E-state index contributed by atoms with van der Waals surface area (Å²) in [6.07, 6.45) is 0. The Morgan fingerprint density at radius 2 is 1.55 bits per heavy atom. The molecule has 1 N–H and O–H groups in total. The second-order valence-electron chi connectivity index (χ2n) is 7.92. The maximum Gasteiger partial charge on any atom is 0.204 e. The zero-order valence-electron chi connectivity index (χ0n) is 17.6. The van der Waals surface area contributed by atoms with E-state index in [1.165, 1.54) is 16.5 Å². The van der Waals surface area contributed by atoms with Crippen LogP contribution < -0.4 is 0 Å². The summed E-state index contributed by atoms with van der Waals surface area (Å²) in [4.78, 5) is 0. The van der Waals surface area contributed by atoms with Crippen LogP contribution in [0.2, 0.25) is 0 Å². The minimum Gasteiger partial charge on any atom is -0.336 e. The molecule has 0 spiro atoms. The van der Waals surface area contributed by atoms with Crippen molar-refractivity contribution in [2.75, 3.05) is 0 Å². The maximum atomic E-state index is 9.42. The normalized spacial score (nSPS) is 11.1. The number of rotatable bonds is 4. The Bertz CT molecular complexity index is 1640. The molecule has 0 radical (unpaired) electrons. The van der Waals surface area contributed by atoms with E-state index in [-0.39, 0.29) is 0 Å². The molecule has 0 aliphatic heterocycles. The third kappa shape index (κ3) is 3.24. The topological polar surface area (TPSA) is 83.2 Å². The van der Waals surface area contributed by atoms with Crippen molar-refractivity contribution in [2.24, 2.45) is 0 Å². The summed E-state index contributed by atoms with van der Waals surface area (Å²) < 4.78 is 2.34. The van der Waals surface area contributed by atoms with E-state index >= 15 is 0 Å². The van der Waals surface area contributed by atoms with Crippen LogP contribution in [0.25, 0.3) is 44.3 Å². The van der Waals surface area contributed by atoms with E-state index in [0.717, 1.165) is 34.1 Å².